The highest BCUT2D eigenvalue weighted by molar-refractivity contribution is 5.86. The largest absolute Gasteiger partial charge is 0.457 e. The van der Waals surface area contributed by atoms with Gasteiger partial charge in [-0.15, -0.1) is 0 Å². The number of carbonyl (C=O) groups excluding carboxylic acids is 2. The van der Waals surface area contributed by atoms with Crippen molar-refractivity contribution in [3.8, 4) is 11.5 Å². The summed E-state index contributed by atoms with van der Waals surface area (Å²) in [6.07, 6.45) is 2.63. The van der Waals surface area contributed by atoms with Gasteiger partial charge in [-0.05, 0) is 67.3 Å². The fourth-order valence-electron chi connectivity index (χ4n) is 5.22. The van der Waals surface area contributed by atoms with Crippen LogP contribution in [-0.4, -0.2) is 64.9 Å². The third-order valence-corrected chi connectivity index (χ3v) is 7.39. The second kappa shape index (κ2) is 12.4. The van der Waals surface area contributed by atoms with Gasteiger partial charge < -0.3 is 19.7 Å². The number of fused-ring (bicyclic) bond motifs is 5. The Morgan fingerprint density at radius 2 is 1.79 bits per heavy atom. The lowest BCUT2D eigenvalue weighted by Gasteiger charge is -2.39. The Hall–Kier alpha value is -3.75. The van der Waals surface area contributed by atoms with Gasteiger partial charge in [-0.1, -0.05) is 30.3 Å². The number of hydrogen-bond donors (Lipinski definition) is 1. The number of piperidine rings is 1. The summed E-state index contributed by atoms with van der Waals surface area (Å²) in [6, 6.07) is 19.2. The normalized spacial score (nSPS) is 20.9. The smallest absolute Gasteiger partial charge is 0.239 e. The zero-order valence-electron chi connectivity index (χ0n) is 22.6. The Kier molecular flexibility index (Phi) is 8.54. The number of pyridine rings is 1. The Morgan fingerprint density at radius 1 is 1.03 bits per heavy atom. The highest BCUT2D eigenvalue weighted by Gasteiger charge is 2.32. The molecule has 3 aromatic rings. The second-order valence-electron chi connectivity index (χ2n) is 10.3. The van der Waals surface area contributed by atoms with Gasteiger partial charge in [0.15, 0.2) is 0 Å². The van der Waals surface area contributed by atoms with Crippen molar-refractivity contribution in [1.82, 2.24) is 20.1 Å². The van der Waals surface area contributed by atoms with Crippen molar-refractivity contribution < 1.29 is 19.1 Å². The number of hydrogen-bond acceptors (Lipinski definition) is 6. The lowest BCUT2D eigenvalue weighted by Crippen LogP contribution is -2.57. The predicted octanol–water partition coefficient (Wildman–Crippen LogP) is 3.86. The van der Waals surface area contributed by atoms with E-state index in [1.54, 1.807) is 4.90 Å². The summed E-state index contributed by atoms with van der Waals surface area (Å²) in [7, 11) is 0. The van der Waals surface area contributed by atoms with E-state index < -0.39 is 0 Å². The van der Waals surface area contributed by atoms with Crippen molar-refractivity contribution >= 4 is 11.8 Å². The van der Waals surface area contributed by atoms with Crippen molar-refractivity contribution in [1.29, 1.82) is 0 Å². The van der Waals surface area contributed by atoms with Crippen LogP contribution < -0.4 is 10.1 Å². The number of aryl methyl sites for hydroxylation is 1. The quantitative estimate of drug-likeness (QED) is 0.556. The van der Waals surface area contributed by atoms with E-state index >= 15 is 0 Å². The molecule has 0 aliphatic carbocycles. The molecule has 0 spiro atoms. The van der Waals surface area contributed by atoms with Crippen LogP contribution in [0.4, 0.5) is 0 Å². The van der Waals surface area contributed by atoms with E-state index in [9.17, 15) is 9.59 Å². The number of ether oxygens (including phenoxy) is 2. The second-order valence-corrected chi connectivity index (χ2v) is 10.3. The summed E-state index contributed by atoms with van der Waals surface area (Å²) in [5.41, 5.74) is 4.03. The molecule has 2 amide bonds. The topological polar surface area (TPSA) is 84.0 Å². The lowest BCUT2D eigenvalue weighted by molar-refractivity contribution is -0.136. The molecule has 0 radical (unpaired) electrons. The van der Waals surface area contributed by atoms with Gasteiger partial charge in [0.05, 0.1) is 37.4 Å². The maximum Gasteiger partial charge on any atom is 0.239 e. The number of rotatable bonds is 3. The first-order valence-electron chi connectivity index (χ1n) is 13.6. The van der Waals surface area contributed by atoms with Gasteiger partial charge in [-0.2, -0.15) is 0 Å². The summed E-state index contributed by atoms with van der Waals surface area (Å²) in [5, 5.41) is 3.20. The molecule has 204 valence electrons. The maximum absolute atomic E-state index is 13.2. The molecule has 1 aromatic heterocycles. The summed E-state index contributed by atoms with van der Waals surface area (Å²) in [4.78, 5) is 34.8. The van der Waals surface area contributed by atoms with Crippen LogP contribution >= 0.6 is 0 Å². The Balaban J connectivity index is 1.38. The van der Waals surface area contributed by atoms with Gasteiger partial charge in [-0.25, -0.2) is 0 Å². The molecular weight excluding hydrogens is 492 g/mol. The van der Waals surface area contributed by atoms with Gasteiger partial charge in [0.25, 0.3) is 0 Å². The van der Waals surface area contributed by atoms with E-state index in [2.05, 4.69) is 28.2 Å². The molecule has 8 heteroatoms. The van der Waals surface area contributed by atoms with Gasteiger partial charge in [0.1, 0.15) is 11.5 Å². The third kappa shape index (κ3) is 7.02. The molecule has 2 atom stereocenters. The van der Waals surface area contributed by atoms with Crippen LogP contribution in [0.1, 0.15) is 35.7 Å². The fourth-order valence-corrected chi connectivity index (χ4v) is 5.22. The number of likely N-dealkylation sites (tertiary alicyclic amines) is 1. The minimum atomic E-state index is -0.214. The van der Waals surface area contributed by atoms with Crippen molar-refractivity contribution in [2.75, 3.05) is 26.2 Å². The molecule has 8 nitrogen and oxygen atoms in total. The van der Waals surface area contributed by atoms with Crippen LogP contribution in [-0.2, 0) is 33.9 Å². The zero-order chi connectivity index (χ0) is 27.2. The fraction of sp³-hybridized carbons (Fsp3) is 0.387. The average molecular weight is 529 g/mol. The lowest BCUT2D eigenvalue weighted by atomic mass is 10.0. The third-order valence-electron chi connectivity index (χ3n) is 7.39. The van der Waals surface area contributed by atoms with Crippen LogP contribution in [0.5, 0.6) is 11.5 Å². The number of nitrogens with one attached hydrogen (secondary N) is 1. The van der Waals surface area contributed by atoms with Crippen LogP contribution in [0, 0.1) is 6.92 Å². The highest BCUT2D eigenvalue weighted by Crippen LogP contribution is 2.25. The SMILES string of the molecule is CCN1CC(=O)N[C@H]2CN(Cc3ncccc3C)CC[C@@H]2OCc2cccc(c2)Oc2cccc(c2)CC1=O. The van der Waals surface area contributed by atoms with Crippen LogP contribution in [0.2, 0.25) is 0 Å². The molecule has 2 aliphatic heterocycles. The molecule has 39 heavy (non-hydrogen) atoms. The number of amides is 2. The molecule has 0 unspecified atom stereocenters. The van der Waals surface area contributed by atoms with Crippen LogP contribution in [0.15, 0.2) is 66.9 Å². The van der Waals surface area contributed by atoms with E-state index in [4.69, 9.17) is 9.47 Å². The molecule has 5 rings (SSSR count). The molecule has 3 heterocycles. The molecule has 0 saturated carbocycles. The van der Waals surface area contributed by atoms with E-state index in [0.717, 1.165) is 35.3 Å². The summed E-state index contributed by atoms with van der Waals surface area (Å²) >= 11 is 0. The predicted molar refractivity (Wildman–Crippen MR) is 148 cm³/mol. The number of aromatic nitrogens is 1. The first-order valence-corrected chi connectivity index (χ1v) is 13.6. The number of benzene rings is 2. The van der Waals surface area contributed by atoms with Crippen LogP contribution in [0.25, 0.3) is 0 Å². The van der Waals surface area contributed by atoms with E-state index in [-0.39, 0.29) is 36.9 Å². The van der Waals surface area contributed by atoms with E-state index in [0.29, 0.717) is 37.7 Å². The highest BCUT2D eigenvalue weighted by atomic mass is 16.5. The summed E-state index contributed by atoms with van der Waals surface area (Å²) in [5.74, 6) is 1.10. The van der Waals surface area contributed by atoms with Crippen molar-refractivity contribution in [2.45, 2.75) is 52.0 Å². The van der Waals surface area contributed by atoms with Gasteiger partial charge in [-0.3, -0.25) is 19.5 Å². The van der Waals surface area contributed by atoms with Gasteiger partial charge in [0, 0.05) is 32.4 Å². The summed E-state index contributed by atoms with van der Waals surface area (Å²) < 4.78 is 12.5. The summed E-state index contributed by atoms with van der Waals surface area (Å²) in [6.45, 7) is 7.02. The molecule has 2 aliphatic rings. The minimum absolute atomic E-state index is 0.00880. The Bertz CT molecular complexity index is 1310. The zero-order valence-corrected chi connectivity index (χ0v) is 22.6. The van der Waals surface area contributed by atoms with E-state index in [1.807, 2.05) is 67.7 Å². The standard InChI is InChI=1S/C31H36N4O4/c1-3-35-20-30(36)33-28-19-34(18-27-22(2)7-6-13-32-27)14-12-29(28)38-21-24-9-5-11-26(16-24)39-25-10-4-8-23(15-25)17-31(35)37/h4-11,13,15-16,28-29H,3,12,14,17-21H2,1-2H3,(H,33,36)/t28-,29-/m0/s1. The monoisotopic (exact) mass is 528 g/mol. The Morgan fingerprint density at radius 3 is 2.56 bits per heavy atom. The molecule has 1 N–H and O–H groups in total. The Labute approximate surface area is 229 Å². The first kappa shape index (κ1) is 26.8. The van der Waals surface area contributed by atoms with Gasteiger partial charge in [0.2, 0.25) is 11.8 Å². The first-order chi connectivity index (χ1) is 19.0. The number of nitrogens with zero attached hydrogens (tertiary/aromatic N) is 3. The maximum atomic E-state index is 13.2. The van der Waals surface area contributed by atoms with Gasteiger partial charge >= 0.3 is 0 Å². The number of likely N-dealkylation sites (N-methyl/N-ethyl adjacent to an activating group) is 1. The van der Waals surface area contributed by atoms with E-state index in [1.165, 1.54) is 0 Å². The molecule has 1 saturated heterocycles. The number of carbonyl (C=O) groups is 2. The van der Waals surface area contributed by atoms with Crippen molar-refractivity contribution in [2.24, 2.45) is 0 Å². The molecule has 4 bridgehead atoms. The molecule has 2 aromatic carbocycles. The minimum Gasteiger partial charge on any atom is -0.457 e. The average Bonchev–Trinajstić information content (AvgIpc) is 2.92. The van der Waals surface area contributed by atoms with Crippen molar-refractivity contribution in [3.63, 3.8) is 0 Å². The van der Waals surface area contributed by atoms with Crippen LogP contribution in [0.3, 0.4) is 0 Å². The molecular formula is C31H36N4O4. The van der Waals surface area contributed by atoms with Crippen molar-refractivity contribution in [3.05, 3.63) is 89.2 Å². The molecule has 1 fully saturated rings.